The number of carboxylic acid groups (broad SMARTS) is 2. The van der Waals surface area contributed by atoms with Gasteiger partial charge in [0, 0.05) is 0 Å². The highest BCUT2D eigenvalue weighted by Crippen LogP contribution is 2.69. The summed E-state index contributed by atoms with van der Waals surface area (Å²) in [5.41, 5.74) is 1.58. The summed E-state index contributed by atoms with van der Waals surface area (Å²) in [7, 11) is 0. The van der Waals surface area contributed by atoms with E-state index in [1.54, 1.807) is 0 Å². The van der Waals surface area contributed by atoms with E-state index in [1.807, 2.05) is 6.08 Å². The van der Waals surface area contributed by atoms with E-state index in [-0.39, 0.29) is 21.2 Å². The molecule has 0 spiro atoms. The predicted molar refractivity (Wildman–Crippen MR) is 213 cm³/mol. The molecular formula is C45H60Cl2O6. The molecule has 4 N–H and O–H groups in total. The topological polar surface area (TPSA) is 115 Å². The van der Waals surface area contributed by atoms with E-state index in [9.17, 15) is 30.0 Å². The summed E-state index contributed by atoms with van der Waals surface area (Å²) in [4.78, 5) is 23.9. The second-order valence-electron chi connectivity index (χ2n) is 18.3. The fraction of sp³-hybridized carbons (Fsp3) is 0.644. The third-order valence-corrected chi connectivity index (χ3v) is 15.7. The van der Waals surface area contributed by atoms with Crippen LogP contribution < -0.4 is 0 Å². The van der Waals surface area contributed by atoms with Gasteiger partial charge in [-0.1, -0.05) is 83.2 Å². The maximum Gasteiger partial charge on any atom is 0.339 e. The van der Waals surface area contributed by atoms with Crippen molar-refractivity contribution < 1.29 is 30.0 Å². The highest BCUT2D eigenvalue weighted by atomic mass is 35.5. The average molecular weight is 768 g/mol. The van der Waals surface area contributed by atoms with Crippen LogP contribution in [0.1, 0.15) is 156 Å². The van der Waals surface area contributed by atoms with Gasteiger partial charge in [0.05, 0.1) is 10.0 Å². The molecule has 8 heteroatoms. The van der Waals surface area contributed by atoms with Crippen LogP contribution in [0.2, 0.25) is 10.0 Å². The first kappa shape index (κ1) is 40.0. The Hall–Kier alpha value is -2.70. The Morgan fingerprint density at radius 3 is 1.96 bits per heavy atom. The fourth-order valence-electron chi connectivity index (χ4n) is 12.3. The number of fused-ring (bicyclic) bond motifs is 5. The van der Waals surface area contributed by atoms with Crippen molar-refractivity contribution in [2.75, 3.05) is 0 Å². The van der Waals surface area contributed by atoms with Crippen molar-refractivity contribution in [3.05, 3.63) is 62.6 Å². The van der Waals surface area contributed by atoms with E-state index >= 15 is 0 Å². The van der Waals surface area contributed by atoms with Gasteiger partial charge in [-0.25, -0.2) is 9.59 Å². The van der Waals surface area contributed by atoms with Gasteiger partial charge < -0.3 is 20.4 Å². The summed E-state index contributed by atoms with van der Waals surface area (Å²) in [5.74, 6) is 2.64. The minimum absolute atomic E-state index is 0.122. The molecule has 0 aliphatic heterocycles. The number of benzene rings is 2. The van der Waals surface area contributed by atoms with Crippen molar-refractivity contribution in [1.29, 1.82) is 0 Å². The number of rotatable bonds is 12. The van der Waals surface area contributed by atoms with Crippen molar-refractivity contribution in [3.63, 3.8) is 0 Å². The molecule has 9 atom stereocenters. The lowest BCUT2D eigenvalue weighted by Crippen LogP contribution is -2.53. The van der Waals surface area contributed by atoms with Crippen molar-refractivity contribution in [1.82, 2.24) is 0 Å². The van der Waals surface area contributed by atoms with Crippen LogP contribution in [0.25, 0.3) is 5.57 Å². The molecular weight excluding hydrogens is 707 g/mol. The van der Waals surface area contributed by atoms with E-state index < -0.39 is 23.4 Å². The summed E-state index contributed by atoms with van der Waals surface area (Å²) in [6.07, 6.45) is 19.8. The van der Waals surface area contributed by atoms with Gasteiger partial charge >= 0.3 is 11.9 Å². The molecule has 4 aliphatic carbocycles. The molecule has 0 bridgehead atoms. The highest BCUT2D eigenvalue weighted by Gasteiger charge is 2.60. The Morgan fingerprint density at radius 1 is 0.792 bits per heavy atom. The summed E-state index contributed by atoms with van der Waals surface area (Å²) < 4.78 is 0. The lowest BCUT2D eigenvalue weighted by Gasteiger charge is -2.61. The first-order chi connectivity index (χ1) is 25.0. The third kappa shape index (κ3) is 7.75. The van der Waals surface area contributed by atoms with Crippen molar-refractivity contribution in [3.8, 4) is 11.5 Å². The van der Waals surface area contributed by atoms with Crippen LogP contribution in [-0.4, -0.2) is 32.4 Å². The zero-order chi connectivity index (χ0) is 38.4. The number of allylic oxidation sites excluding steroid dienone is 1. The van der Waals surface area contributed by atoms with Crippen LogP contribution in [0, 0.1) is 58.2 Å². The number of phenols is 2. The molecule has 2 aromatic rings. The zero-order valence-corrected chi connectivity index (χ0v) is 33.8. The van der Waals surface area contributed by atoms with Crippen molar-refractivity contribution in [2.24, 2.45) is 58.2 Å². The minimum atomic E-state index is -1.33. The number of aromatic hydroxyl groups is 2. The van der Waals surface area contributed by atoms with Gasteiger partial charge in [0.1, 0.15) is 22.6 Å². The molecule has 4 aliphatic rings. The molecule has 4 saturated carbocycles. The van der Waals surface area contributed by atoms with Crippen LogP contribution in [0.5, 0.6) is 11.5 Å². The van der Waals surface area contributed by atoms with Crippen LogP contribution in [0.3, 0.4) is 0 Å². The molecule has 4 fully saturated rings. The first-order valence-corrected chi connectivity index (χ1v) is 21.0. The highest BCUT2D eigenvalue weighted by molar-refractivity contribution is 6.33. The van der Waals surface area contributed by atoms with E-state index in [0.717, 1.165) is 47.8 Å². The second kappa shape index (κ2) is 15.8. The monoisotopic (exact) mass is 766 g/mol. The molecule has 53 heavy (non-hydrogen) atoms. The van der Waals surface area contributed by atoms with Gasteiger partial charge in [-0.3, -0.25) is 0 Å². The Labute approximate surface area is 326 Å². The molecule has 0 saturated heterocycles. The van der Waals surface area contributed by atoms with Gasteiger partial charge in [0.2, 0.25) is 0 Å². The van der Waals surface area contributed by atoms with Crippen LogP contribution in [0.15, 0.2) is 30.3 Å². The molecule has 6 nitrogen and oxygen atoms in total. The summed E-state index contributed by atoms with van der Waals surface area (Å²) in [6.45, 7) is 12.6. The van der Waals surface area contributed by atoms with Crippen LogP contribution in [0.4, 0.5) is 0 Å². The van der Waals surface area contributed by atoms with Crippen LogP contribution in [-0.2, 0) is 0 Å². The number of carboxylic acids is 2. The molecule has 0 radical (unpaired) electrons. The van der Waals surface area contributed by atoms with Gasteiger partial charge in [-0.2, -0.15) is 0 Å². The minimum Gasteiger partial charge on any atom is -0.505 e. The largest absolute Gasteiger partial charge is 0.505 e. The van der Waals surface area contributed by atoms with Gasteiger partial charge in [-0.05, 0) is 170 Å². The number of carbonyl (C=O) groups is 2. The van der Waals surface area contributed by atoms with Gasteiger partial charge in [0.25, 0.3) is 0 Å². The maximum atomic E-state index is 12.0. The standard InChI is InChI=1S/C45H60Cl2O6/c1-25(2)8-6-9-26(3)35-14-15-36-32-13-12-30-20-27(16-18-44(30,4)37(32)17-19-45(35,36)5)10-7-11-31(28-21-33(42(50)51)40(48)38(46)23-28)29-22-34(43(52)53)41(49)39(47)24-29/h11,21-27,30,32,35-37,48-49H,6-10,12-20H2,1-5H3,(H,50,51)(H,52,53)/t26?,27-,30?,32?,35+,36?,37?,44-,45+/m0/s1. The first-order valence-electron chi connectivity index (χ1n) is 20.3. The molecule has 2 aromatic carbocycles. The molecule has 0 amide bonds. The quantitative estimate of drug-likeness (QED) is 0.171. The maximum absolute atomic E-state index is 12.0. The molecule has 5 unspecified atom stereocenters. The number of hydrogen-bond acceptors (Lipinski definition) is 4. The number of halogens is 2. The van der Waals surface area contributed by atoms with E-state index in [4.69, 9.17) is 23.2 Å². The number of aromatic carboxylic acids is 2. The summed E-state index contributed by atoms with van der Waals surface area (Å²) >= 11 is 12.6. The van der Waals surface area contributed by atoms with Crippen molar-refractivity contribution in [2.45, 2.75) is 125 Å². The lowest BCUT2D eigenvalue weighted by molar-refractivity contribution is -0.121. The summed E-state index contributed by atoms with van der Waals surface area (Å²) in [6, 6.07) is 5.65. The molecule has 290 valence electrons. The predicted octanol–water partition coefficient (Wildman–Crippen LogP) is 12.8. The van der Waals surface area contributed by atoms with Gasteiger partial charge in [-0.15, -0.1) is 0 Å². The third-order valence-electron chi connectivity index (χ3n) is 15.1. The smallest absolute Gasteiger partial charge is 0.339 e. The van der Waals surface area contributed by atoms with Crippen LogP contribution >= 0.6 is 23.2 Å². The van der Waals surface area contributed by atoms with E-state index in [1.165, 1.54) is 101 Å². The average Bonchev–Trinajstić information content (AvgIpc) is 3.46. The second-order valence-corrected chi connectivity index (χ2v) is 19.2. The molecule has 0 heterocycles. The molecule has 6 rings (SSSR count). The fourth-order valence-corrected chi connectivity index (χ4v) is 12.8. The Bertz CT molecular complexity index is 1660. The normalized spacial score (nSPS) is 31.3. The Morgan fingerprint density at radius 2 is 1.38 bits per heavy atom. The summed E-state index contributed by atoms with van der Waals surface area (Å²) in [5, 5.41) is 40.0. The van der Waals surface area contributed by atoms with Gasteiger partial charge in [0.15, 0.2) is 0 Å². The Balaban J connectivity index is 1.17. The van der Waals surface area contributed by atoms with E-state index in [2.05, 4.69) is 34.6 Å². The molecule has 0 aromatic heterocycles. The number of hydrogen-bond donors (Lipinski definition) is 4. The van der Waals surface area contributed by atoms with E-state index in [0.29, 0.717) is 39.9 Å². The SMILES string of the molecule is CC(C)CCCC(C)[C@H]1CCC2C3CCC4C[C@@H](CCC=C(c5cc(Cl)c(O)c(C(=O)O)c5)c5cc(Cl)c(O)c(C(=O)O)c5)CC[C@]4(C)C3CC[C@@]21C. The Kier molecular flexibility index (Phi) is 11.9. The van der Waals surface area contributed by atoms with Crippen molar-refractivity contribution >= 4 is 40.7 Å². The lowest BCUT2D eigenvalue weighted by atomic mass is 9.44. The zero-order valence-electron chi connectivity index (χ0n) is 32.3.